The Balaban J connectivity index is 1.47. The molecule has 0 aromatic heterocycles. The van der Waals surface area contributed by atoms with Gasteiger partial charge in [0.1, 0.15) is 5.75 Å². The van der Waals surface area contributed by atoms with Crippen LogP contribution in [0.5, 0.6) is 5.75 Å². The van der Waals surface area contributed by atoms with Gasteiger partial charge in [0.2, 0.25) is 15.9 Å². The average molecular weight is 424 g/mol. The summed E-state index contributed by atoms with van der Waals surface area (Å²) in [6.45, 7) is 1.01. The van der Waals surface area contributed by atoms with Crippen molar-refractivity contribution in [2.75, 3.05) is 19.6 Å². The molecule has 1 fully saturated rings. The van der Waals surface area contributed by atoms with Crippen LogP contribution < -0.4 is 4.72 Å². The SMILES string of the molecule is O=C(CCNS(=O)(=O)c1ccc(F)c(F)c1)N1CCC(c2ccc(O)cc2)CC1. The molecule has 0 spiro atoms. The standard InChI is InChI=1S/C20H22F2N2O4S/c21-18-6-5-17(13-19(18)22)29(27,28)23-10-7-20(26)24-11-8-15(9-12-24)14-1-3-16(25)4-2-14/h1-6,13,15,23,25H,7-12H2. The predicted molar refractivity (Wildman–Crippen MR) is 103 cm³/mol. The minimum atomic E-state index is -4.02. The van der Waals surface area contributed by atoms with Gasteiger partial charge in [-0.3, -0.25) is 4.79 Å². The summed E-state index contributed by atoms with van der Waals surface area (Å²) in [6.07, 6.45) is 1.56. The second kappa shape index (κ2) is 8.87. The molecule has 0 aliphatic carbocycles. The number of sulfonamides is 1. The summed E-state index contributed by atoms with van der Waals surface area (Å²) in [7, 11) is -4.02. The van der Waals surface area contributed by atoms with Gasteiger partial charge in [-0.15, -0.1) is 0 Å². The number of halogens is 2. The van der Waals surface area contributed by atoms with E-state index in [-0.39, 0.29) is 24.6 Å². The van der Waals surface area contributed by atoms with Crippen molar-refractivity contribution in [3.63, 3.8) is 0 Å². The van der Waals surface area contributed by atoms with Gasteiger partial charge in [-0.05, 0) is 54.7 Å². The number of aromatic hydroxyl groups is 1. The molecule has 1 amide bonds. The first-order chi connectivity index (χ1) is 13.8. The highest BCUT2D eigenvalue weighted by molar-refractivity contribution is 7.89. The third-order valence-corrected chi connectivity index (χ3v) is 6.50. The van der Waals surface area contributed by atoms with Crippen LogP contribution in [0.4, 0.5) is 8.78 Å². The zero-order chi connectivity index (χ0) is 21.0. The molecule has 1 heterocycles. The molecule has 156 valence electrons. The number of nitrogens with one attached hydrogen (secondary N) is 1. The van der Waals surface area contributed by atoms with E-state index in [1.54, 1.807) is 17.0 Å². The molecule has 1 aliphatic heterocycles. The fraction of sp³-hybridized carbons (Fsp3) is 0.350. The molecule has 29 heavy (non-hydrogen) atoms. The van der Waals surface area contributed by atoms with E-state index in [1.807, 2.05) is 12.1 Å². The van der Waals surface area contributed by atoms with E-state index in [2.05, 4.69) is 4.72 Å². The summed E-state index contributed by atoms with van der Waals surface area (Å²) < 4.78 is 52.7. The van der Waals surface area contributed by atoms with Gasteiger partial charge in [0.05, 0.1) is 4.90 Å². The third-order valence-electron chi connectivity index (χ3n) is 5.04. The van der Waals surface area contributed by atoms with Crippen LogP contribution in [0.2, 0.25) is 0 Å². The Morgan fingerprint density at radius 1 is 1.07 bits per heavy atom. The minimum Gasteiger partial charge on any atom is -0.508 e. The van der Waals surface area contributed by atoms with Crippen molar-refractivity contribution in [2.45, 2.75) is 30.1 Å². The van der Waals surface area contributed by atoms with Crippen molar-refractivity contribution >= 4 is 15.9 Å². The lowest BCUT2D eigenvalue weighted by molar-refractivity contribution is -0.132. The average Bonchev–Trinajstić information content (AvgIpc) is 2.70. The predicted octanol–water partition coefficient (Wildman–Crippen LogP) is 2.75. The lowest BCUT2D eigenvalue weighted by atomic mass is 9.89. The van der Waals surface area contributed by atoms with Gasteiger partial charge >= 0.3 is 0 Å². The highest BCUT2D eigenvalue weighted by Gasteiger charge is 2.24. The van der Waals surface area contributed by atoms with E-state index in [1.165, 1.54) is 0 Å². The first kappa shape index (κ1) is 21.2. The molecule has 2 N–H and O–H groups in total. The summed E-state index contributed by atoms with van der Waals surface area (Å²) in [6, 6.07) is 9.37. The number of likely N-dealkylation sites (tertiary alicyclic amines) is 1. The van der Waals surface area contributed by atoms with Crippen LogP contribution in [0.15, 0.2) is 47.4 Å². The Hall–Kier alpha value is -2.52. The Bertz CT molecular complexity index is 972. The fourth-order valence-electron chi connectivity index (χ4n) is 3.39. The first-order valence-corrected chi connectivity index (χ1v) is 10.8. The summed E-state index contributed by atoms with van der Waals surface area (Å²) in [5, 5.41) is 9.37. The van der Waals surface area contributed by atoms with Gasteiger partial charge in [0, 0.05) is 26.1 Å². The monoisotopic (exact) mass is 424 g/mol. The Morgan fingerprint density at radius 3 is 2.34 bits per heavy atom. The number of carbonyl (C=O) groups is 1. The molecule has 6 nitrogen and oxygen atoms in total. The maximum Gasteiger partial charge on any atom is 0.240 e. The number of phenols is 1. The molecular weight excluding hydrogens is 402 g/mol. The quantitative estimate of drug-likeness (QED) is 0.747. The maximum absolute atomic E-state index is 13.2. The molecule has 2 aromatic rings. The van der Waals surface area contributed by atoms with Crippen molar-refractivity contribution in [1.29, 1.82) is 0 Å². The van der Waals surface area contributed by atoms with Crippen LogP contribution in [0, 0.1) is 11.6 Å². The van der Waals surface area contributed by atoms with Crippen LogP contribution in [0.1, 0.15) is 30.7 Å². The van der Waals surface area contributed by atoms with E-state index in [0.717, 1.165) is 30.5 Å². The van der Waals surface area contributed by atoms with Crippen molar-refractivity contribution in [3.05, 3.63) is 59.7 Å². The van der Waals surface area contributed by atoms with Crippen molar-refractivity contribution < 1.29 is 27.1 Å². The van der Waals surface area contributed by atoms with Crippen LogP contribution in [0.3, 0.4) is 0 Å². The van der Waals surface area contributed by atoms with E-state index in [0.29, 0.717) is 25.1 Å². The molecule has 0 saturated carbocycles. The van der Waals surface area contributed by atoms with Crippen LogP contribution in [-0.4, -0.2) is 44.0 Å². The maximum atomic E-state index is 13.2. The number of benzene rings is 2. The first-order valence-electron chi connectivity index (χ1n) is 9.28. The van der Waals surface area contributed by atoms with E-state index in [4.69, 9.17) is 0 Å². The lowest BCUT2D eigenvalue weighted by Crippen LogP contribution is -2.39. The third kappa shape index (κ3) is 5.30. The fourth-order valence-corrected chi connectivity index (χ4v) is 4.43. The number of carbonyl (C=O) groups excluding carboxylic acids is 1. The highest BCUT2D eigenvalue weighted by atomic mass is 32.2. The van der Waals surface area contributed by atoms with Gasteiger partial charge in [0.25, 0.3) is 0 Å². The van der Waals surface area contributed by atoms with Gasteiger partial charge < -0.3 is 10.0 Å². The van der Waals surface area contributed by atoms with Gasteiger partial charge in [-0.25, -0.2) is 21.9 Å². The number of hydrogen-bond acceptors (Lipinski definition) is 4. The van der Waals surface area contributed by atoms with E-state index >= 15 is 0 Å². The Labute approximate surface area is 168 Å². The summed E-state index contributed by atoms with van der Waals surface area (Å²) in [4.78, 5) is 13.7. The molecule has 1 aliphatic rings. The number of rotatable bonds is 6. The summed E-state index contributed by atoms with van der Waals surface area (Å²) in [5.41, 5.74) is 1.12. The molecule has 1 saturated heterocycles. The molecule has 9 heteroatoms. The molecule has 3 rings (SSSR count). The molecule has 0 atom stereocenters. The van der Waals surface area contributed by atoms with Gasteiger partial charge in [-0.2, -0.15) is 0 Å². The number of piperidine rings is 1. The second-order valence-electron chi connectivity index (χ2n) is 6.97. The van der Waals surface area contributed by atoms with Crippen molar-refractivity contribution in [3.8, 4) is 5.75 Å². The zero-order valence-corrected chi connectivity index (χ0v) is 16.5. The number of amides is 1. The molecule has 0 unspecified atom stereocenters. The zero-order valence-electron chi connectivity index (χ0n) is 15.6. The topological polar surface area (TPSA) is 86.7 Å². The second-order valence-corrected chi connectivity index (χ2v) is 8.74. The number of hydrogen-bond donors (Lipinski definition) is 2. The Kier molecular flexibility index (Phi) is 6.49. The minimum absolute atomic E-state index is 0.0210. The molecule has 0 bridgehead atoms. The molecular formula is C20H22F2N2O4S. The summed E-state index contributed by atoms with van der Waals surface area (Å²) in [5.74, 6) is -2.02. The lowest BCUT2D eigenvalue weighted by Gasteiger charge is -2.32. The highest BCUT2D eigenvalue weighted by Crippen LogP contribution is 2.29. The molecule has 0 radical (unpaired) electrons. The van der Waals surface area contributed by atoms with Crippen molar-refractivity contribution in [2.24, 2.45) is 0 Å². The molecule has 2 aromatic carbocycles. The number of phenolic OH excluding ortho intramolecular Hbond substituents is 1. The normalized spacial score (nSPS) is 15.4. The summed E-state index contributed by atoms with van der Waals surface area (Å²) >= 11 is 0. The smallest absolute Gasteiger partial charge is 0.240 e. The van der Waals surface area contributed by atoms with Crippen molar-refractivity contribution in [1.82, 2.24) is 9.62 Å². The van der Waals surface area contributed by atoms with Crippen LogP contribution in [0.25, 0.3) is 0 Å². The number of nitrogens with zero attached hydrogens (tertiary/aromatic N) is 1. The Morgan fingerprint density at radius 2 is 1.72 bits per heavy atom. The largest absolute Gasteiger partial charge is 0.508 e. The van der Waals surface area contributed by atoms with Gasteiger partial charge in [-0.1, -0.05) is 12.1 Å². The van der Waals surface area contributed by atoms with E-state index < -0.39 is 26.6 Å². The van der Waals surface area contributed by atoms with Crippen LogP contribution >= 0.6 is 0 Å². The van der Waals surface area contributed by atoms with Crippen LogP contribution in [-0.2, 0) is 14.8 Å². The van der Waals surface area contributed by atoms with Gasteiger partial charge in [0.15, 0.2) is 11.6 Å². The van der Waals surface area contributed by atoms with E-state index in [9.17, 15) is 27.1 Å².